The number of rotatable bonds is 3. The number of hydrogen-bond acceptors (Lipinski definition) is 13. The van der Waals surface area contributed by atoms with Gasteiger partial charge in [-0.25, -0.2) is 0 Å². The molecular formula is C33H38N4O8S. The molecule has 0 radical (unpaired) electrons. The fraction of sp³-hybridized carbons (Fsp3) is 0.545. The number of carbonyl (C=O) groups excluding carboxylic acids is 2. The van der Waals surface area contributed by atoms with Crippen LogP contribution >= 0.6 is 11.8 Å². The molecule has 0 amide bonds. The van der Waals surface area contributed by atoms with Gasteiger partial charge in [0.2, 0.25) is 6.79 Å². The van der Waals surface area contributed by atoms with Gasteiger partial charge in [-0.3, -0.25) is 24.3 Å². The molecule has 0 saturated carbocycles. The first-order valence-corrected chi connectivity index (χ1v) is 16.4. The van der Waals surface area contributed by atoms with Crippen LogP contribution in [0.2, 0.25) is 0 Å². The molecule has 2 aromatic carbocycles. The molecule has 12 nitrogen and oxygen atoms in total. The molecular weight excluding hydrogens is 612 g/mol. The summed E-state index contributed by atoms with van der Waals surface area (Å²) >= 11 is 1.55. The number of hydrogen-bond donors (Lipinski definition) is 1. The van der Waals surface area contributed by atoms with E-state index < -0.39 is 35.4 Å². The highest BCUT2D eigenvalue weighted by molar-refractivity contribution is 7.99. The lowest BCUT2D eigenvalue weighted by atomic mass is 9.71. The molecule has 2 saturated heterocycles. The zero-order chi connectivity index (χ0) is 32.8. The van der Waals surface area contributed by atoms with E-state index in [1.165, 1.54) is 6.92 Å². The summed E-state index contributed by atoms with van der Waals surface area (Å²) in [4.78, 5) is 32.4. The van der Waals surface area contributed by atoms with Crippen molar-refractivity contribution in [1.29, 1.82) is 5.26 Å². The van der Waals surface area contributed by atoms with E-state index in [1.807, 2.05) is 39.9 Å². The second-order valence-corrected chi connectivity index (χ2v) is 14.0. The number of esters is 2. The number of methoxy groups -OCH3 is 1. The van der Waals surface area contributed by atoms with Gasteiger partial charge in [-0.15, -0.1) is 11.8 Å². The number of phenols is 1. The van der Waals surface area contributed by atoms with E-state index in [9.17, 15) is 20.0 Å². The minimum atomic E-state index is -0.633. The van der Waals surface area contributed by atoms with Gasteiger partial charge in [-0.1, -0.05) is 6.07 Å². The molecule has 7 atom stereocenters. The molecule has 5 aliphatic rings. The maximum atomic E-state index is 13.5. The highest BCUT2D eigenvalue weighted by Gasteiger charge is 2.60. The Kier molecular flexibility index (Phi) is 7.55. The number of aromatic hydroxyl groups is 1. The monoisotopic (exact) mass is 650 g/mol. The maximum Gasteiger partial charge on any atom is 0.324 e. The molecule has 4 bridgehead atoms. The van der Waals surface area contributed by atoms with Gasteiger partial charge in [-0.2, -0.15) is 5.26 Å². The Morgan fingerprint density at radius 2 is 1.89 bits per heavy atom. The van der Waals surface area contributed by atoms with Gasteiger partial charge < -0.3 is 28.8 Å². The number of cyclic esters (lactones) is 1. The SMILES string of the molecule is COc1c(C)cc2c(c1O)[C@@H]1C3[C@@H]4SC[C@H](N(C)C)C(=O)OC[C@@H](c5c6c(c(C)c(OC(C)=O)c54)OCO6)N3[C@@H](C#N)[C@H](C2)N1C. The number of thioether (sulfide) groups is 1. The molecule has 1 N–H and O–H groups in total. The van der Waals surface area contributed by atoms with Crippen LogP contribution in [0.15, 0.2) is 6.07 Å². The second kappa shape index (κ2) is 11.2. The number of phenolic OH excluding ortho intramolecular Hbond substituents is 1. The number of carbonyl (C=O) groups is 2. The van der Waals surface area contributed by atoms with E-state index in [2.05, 4.69) is 21.9 Å². The highest BCUT2D eigenvalue weighted by atomic mass is 32.2. The zero-order valence-electron chi connectivity index (χ0n) is 26.9. The van der Waals surface area contributed by atoms with E-state index in [-0.39, 0.29) is 37.2 Å². The Balaban J connectivity index is 1.56. The van der Waals surface area contributed by atoms with Crippen LogP contribution in [0.3, 0.4) is 0 Å². The summed E-state index contributed by atoms with van der Waals surface area (Å²) < 4.78 is 29.9. The van der Waals surface area contributed by atoms with Gasteiger partial charge in [0.25, 0.3) is 0 Å². The summed E-state index contributed by atoms with van der Waals surface area (Å²) in [5.74, 6) is 1.42. The molecule has 46 heavy (non-hydrogen) atoms. The van der Waals surface area contributed by atoms with Crippen LogP contribution in [0.4, 0.5) is 0 Å². The predicted molar refractivity (Wildman–Crippen MR) is 167 cm³/mol. The van der Waals surface area contributed by atoms with Gasteiger partial charge in [0.05, 0.1) is 30.5 Å². The molecule has 5 heterocycles. The van der Waals surface area contributed by atoms with Crippen molar-refractivity contribution >= 4 is 23.7 Å². The lowest BCUT2D eigenvalue weighted by Gasteiger charge is -2.61. The van der Waals surface area contributed by atoms with Crippen LogP contribution in [-0.4, -0.2) is 103 Å². The van der Waals surface area contributed by atoms with Crippen LogP contribution in [-0.2, 0) is 20.7 Å². The Labute approximate surface area is 272 Å². The van der Waals surface area contributed by atoms with Crippen molar-refractivity contribution < 1.29 is 38.4 Å². The molecule has 1 unspecified atom stereocenters. The average Bonchev–Trinajstić information content (AvgIpc) is 3.49. The van der Waals surface area contributed by atoms with Crippen LogP contribution in [0.1, 0.15) is 57.6 Å². The maximum absolute atomic E-state index is 13.5. The number of nitriles is 1. The van der Waals surface area contributed by atoms with Gasteiger partial charge in [0.1, 0.15) is 24.4 Å². The van der Waals surface area contributed by atoms with Gasteiger partial charge in [-0.05, 0) is 52.5 Å². The highest BCUT2D eigenvalue weighted by Crippen LogP contribution is 2.64. The summed E-state index contributed by atoms with van der Waals surface area (Å²) in [5, 5.41) is 22.3. The molecule has 7 rings (SSSR count). The first-order valence-electron chi connectivity index (χ1n) is 15.4. The third-order valence-corrected chi connectivity index (χ3v) is 11.6. The number of benzene rings is 2. The quantitative estimate of drug-likeness (QED) is 0.386. The normalized spacial score (nSPS) is 29.7. The van der Waals surface area contributed by atoms with Gasteiger partial charge in [0, 0.05) is 47.0 Å². The second-order valence-electron chi connectivity index (χ2n) is 12.9. The molecule has 13 heteroatoms. The van der Waals surface area contributed by atoms with Crippen molar-refractivity contribution in [3.63, 3.8) is 0 Å². The number of aryl methyl sites for hydroxylation is 1. The van der Waals surface area contributed by atoms with Crippen molar-refractivity contribution in [2.75, 3.05) is 47.4 Å². The van der Waals surface area contributed by atoms with Crippen molar-refractivity contribution in [2.45, 2.75) is 68.7 Å². The number of nitrogens with zero attached hydrogens (tertiary/aromatic N) is 4. The molecule has 2 aromatic rings. The Bertz CT molecular complexity index is 1690. The van der Waals surface area contributed by atoms with E-state index in [1.54, 1.807) is 18.9 Å². The zero-order valence-corrected chi connectivity index (χ0v) is 27.8. The molecule has 5 aliphatic heterocycles. The van der Waals surface area contributed by atoms with Gasteiger partial charge >= 0.3 is 11.9 Å². The number of fused-ring (bicyclic) bond motifs is 9. The van der Waals surface area contributed by atoms with E-state index in [4.69, 9.17) is 23.7 Å². The van der Waals surface area contributed by atoms with Crippen LogP contribution in [0.25, 0.3) is 0 Å². The standard InChI is InChI=1S/C33H38N4O8S/c1-14-8-17-9-18-19(10-34)37-20-11-42-33(40)21(35(4)5)12-46-32(26(37)25(36(18)6)22(17)27(39)28(14)41-7)24-23(20)31-30(43-13-44-31)15(2)29(24)45-16(3)38/h8,18-21,25-26,32,39H,9,11-13H2,1-7H3/t18-,19-,20-,21-,25+,26?,32+/m0/s1. The third kappa shape index (κ3) is 4.30. The number of piperazine rings is 1. The van der Waals surface area contributed by atoms with Crippen molar-refractivity contribution in [3.05, 3.63) is 39.4 Å². The van der Waals surface area contributed by atoms with E-state index in [0.717, 1.165) is 22.3 Å². The van der Waals surface area contributed by atoms with Crippen LogP contribution in [0.5, 0.6) is 28.7 Å². The summed E-state index contributed by atoms with van der Waals surface area (Å²) in [6.07, 6.45) is 0.534. The van der Waals surface area contributed by atoms with E-state index in [0.29, 0.717) is 46.3 Å². The fourth-order valence-electron chi connectivity index (χ4n) is 8.32. The van der Waals surface area contributed by atoms with Gasteiger partial charge in [0.15, 0.2) is 23.0 Å². The lowest BCUT2D eigenvalue weighted by molar-refractivity contribution is -0.154. The minimum Gasteiger partial charge on any atom is -0.504 e. The molecule has 0 spiro atoms. The van der Waals surface area contributed by atoms with Crippen molar-refractivity contribution in [2.24, 2.45) is 0 Å². The molecule has 0 aromatic heterocycles. The lowest BCUT2D eigenvalue weighted by Crippen LogP contribution is -2.69. The topological polar surface area (TPSA) is 134 Å². The Hall–Kier alpha value is -3.70. The summed E-state index contributed by atoms with van der Waals surface area (Å²) in [5.41, 5.74) is 4.65. The fourth-order valence-corrected chi connectivity index (χ4v) is 10.0. The summed E-state index contributed by atoms with van der Waals surface area (Å²) in [7, 11) is 7.24. The Morgan fingerprint density at radius 3 is 2.57 bits per heavy atom. The molecule has 244 valence electrons. The minimum absolute atomic E-state index is 0.0152. The summed E-state index contributed by atoms with van der Waals surface area (Å²) in [6.45, 7) is 5.05. The van der Waals surface area contributed by atoms with Crippen LogP contribution < -0.4 is 18.9 Å². The predicted octanol–water partition coefficient (Wildman–Crippen LogP) is 3.16. The summed E-state index contributed by atoms with van der Waals surface area (Å²) in [6, 6.07) is 1.87. The first kappa shape index (κ1) is 30.9. The number of ether oxygens (including phenoxy) is 5. The largest absolute Gasteiger partial charge is 0.504 e. The van der Waals surface area contributed by atoms with E-state index >= 15 is 0 Å². The number of likely N-dealkylation sites (N-methyl/N-ethyl adjacent to an activating group) is 2. The molecule has 2 fully saturated rings. The Morgan fingerprint density at radius 1 is 1.15 bits per heavy atom. The third-order valence-electron chi connectivity index (χ3n) is 10.3. The molecule has 0 aliphatic carbocycles. The van der Waals surface area contributed by atoms with Crippen LogP contribution in [0, 0.1) is 25.2 Å². The van der Waals surface area contributed by atoms with Crippen molar-refractivity contribution in [3.8, 4) is 34.8 Å². The smallest absolute Gasteiger partial charge is 0.324 e. The average molecular weight is 651 g/mol. The van der Waals surface area contributed by atoms with Crippen molar-refractivity contribution in [1.82, 2.24) is 14.7 Å². The first-order chi connectivity index (χ1) is 22.0.